The fourth-order valence-electron chi connectivity index (χ4n) is 3.61. The van der Waals surface area contributed by atoms with Gasteiger partial charge in [-0.15, -0.1) is 0 Å². The molecule has 5 heteroatoms. The third-order valence-corrected chi connectivity index (χ3v) is 5.28. The minimum Gasteiger partial charge on any atom is -0.497 e. The van der Waals surface area contributed by atoms with Crippen molar-refractivity contribution in [1.82, 2.24) is 4.57 Å². The van der Waals surface area contributed by atoms with E-state index in [2.05, 4.69) is 0 Å². The smallest absolute Gasteiger partial charge is 0.231 e. The zero-order valence-corrected chi connectivity index (χ0v) is 17.9. The number of benzene rings is 2. The van der Waals surface area contributed by atoms with Crippen molar-refractivity contribution in [3.63, 3.8) is 0 Å². The predicted octanol–water partition coefficient (Wildman–Crippen LogP) is 5.46. The molecule has 154 valence electrons. The van der Waals surface area contributed by atoms with Gasteiger partial charge in [-0.2, -0.15) is 0 Å². The molecule has 1 aliphatic heterocycles. The molecule has 1 aromatic heterocycles. The van der Waals surface area contributed by atoms with Crippen molar-refractivity contribution in [3.05, 3.63) is 70.6 Å². The van der Waals surface area contributed by atoms with Gasteiger partial charge in [0.1, 0.15) is 23.9 Å². The van der Waals surface area contributed by atoms with Crippen molar-refractivity contribution in [2.75, 3.05) is 13.7 Å². The van der Waals surface area contributed by atoms with Crippen LogP contribution >= 0.6 is 0 Å². The lowest BCUT2D eigenvalue weighted by molar-refractivity contribution is 0.101. The highest BCUT2D eigenvalue weighted by Gasteiger charge is 2.30. The number of Topliss-reactive ketones (excluding diaryl/α,β-unsaturated/α-hetero) is 1. The summed E-state index contributed by atoms with van der Waals surface area (Å²) >= 11 is 0. The van der Waals surface area contributed by atoms with Gasteiger partial charge in [-0.3, -0.25) is 4.79 Å². The third kappa shape index (κ3) is 3.47. The van der Waals surface area contributed by atoms with Gasteiger partial charge in [0, 0.05) is 35.3 Å². The van der Waals surface area contributed by atoms with Gasteiger partial charge >= 0.3 is 0 Å². The topological polar surface area (TPSA) is 49.7 Å². The van der Waals surface area contributed by atoms with Crippen LogP contribution in [0.1, 0.15) is 35.3 Å². The molecule has 0 fully saturated rings. The molecule has 0 amide bonds. The number of aromatic nitrogens is 1. The van der Waals surface area contributed by atoms with Crippen LogP contribution < -0.4 is 14.2 Å². The Morgan fingerprint density at radius 3 is 2.73 bits per heavy atom. The van der Waals surface area contributed by atoms with Gasteiger partial charge in [-0.05, 0) is 63.3 Å². The summed E-state index contributed by atoms with van der Waals surface area (Å²) in [5.74, 6) is 2.24. The Labute approximate surface area is 176 Å². The first-order valence-corrected chi connectivity index (χ1v) is 9.86. The van der Waals surface area contributed by atoms with Crippen LogP contribution in [0, 0.1) is 6.92 Å². The monoisotopic (exact) mass is 403 g/mol. The second-order valence-corrected chi connectivity index (χ2v) is 7.68. The molecule has 4 rings (SSSR count). The first-order valence-electron chi connectivity index (χ1n) is 9.86. The van der Waals surface area contributed by atoms with Gasteiger partial charge in [0.25, 0.3) is 0 Å². The van der Waals surface area contributed by atoms with Crippen LogP contribution in [0.3, 0.4) is 0 Å². The fraction of sp³-hybridized carbons (Fsp3) is 0.240. The zero-order chi connectivity index (χ0) is 21.4. The Morgan fingerprint density at radius 1 is 1.20 bits per heavy atom. The lowest BCUT2D eigenvalue weighted by Gasteiger charge is -2.10. The van der Waals surface area contributed by atoms with Gasteiger partial charge < -0.3 is 18.8 Å². The summed E-state index contributed by atoms with van der Waals surface area (Å²) in [5.41, 5.74) is 4.53. The standard InChI is InChI=1S/C25H25NO4/c1-15(2)10-11-29-22-9-7-19-24(27)23(30-25(19)16(22)3)12-17-14-26(4)21-8-6-18(28-5)13-20(17)21/h6-10,12-14H,11H2,1-5H3. The number of carbonyl (C=O) groups excluding carboxylic acids is 1. The molecular weight excluding hydrogens is 378 g/mol. The van der Waals surface area contributed by atoms with Crippen molar-refractivity contribution in [1.29, 1.82) is 0 Å². The maximum absolute atomic E-state index is 13.0. The Balaban J connectivity index is 1.69. The highest BCUT2D eigenvalue weighted by atomic mass is 16.5. The normalized spacial score (nSPS) is 14.0. The van der Waals surface area contributed by atoms with E-state index in [1.165, 1.54) is 5.57 Å². The van der Waals surface area contributed by atoms with E-state index < -0.39 is 0 Å². The third-order valence-electron chi connectivity index (χ3n) is 5.28. The Bertz CT molecular complexity index is 1210. The van der Waals surface area contributed by atoms with Gasteiger partial charge in [0.05, 0.1) is 12.7 Å². The number of aryl methyl sites for hydroxylation is 1. The summed E-state index contributed by atoms with van der Waals surface area (Å²) in [7, 11) is 3.62. The van der Waals surface area contributed by atoms with Crippen LogP contribution in [0.2, 0.25) is 0 Å². The van der Waals surface area contributed by atoms with Crippen LogP contribution in [0.4, 0.5) is 0 Å². The number of fused-ring (bicyclic) bond motifs is 2. The lowest BCUT2D eigenvalue weighted by atomic mass is 10.1. The molecule has 0 radical (unpaired) electrons. The Morgan fingerprint density at radius 2 is 2.00 bits per heavy atom. The molecule has 5 nitrogen and oxygen atoms in total. The van der Waals surface area contributed by atoms with Crippen LogP contribution in [0.15, 0.2) is 53.9 Å². The molecule has 2 heterocycles. The second kappa shape index (κ2) is 7.75. The van der Waals surface area contributed by atoms with Gasteiger partial charge in [-0.25, -0.2) is 0 Å². The van der Waals surface area contributed by atoms with Crippen molar-refractivity contribution in [3.8, 4) is 17.2 Å². The SMILES string of the molecule is COc1ccc2c(c1)c(C=C1Oc3c(ccc(OCC=C(C)C)c3C)C1=O)cn2C. The van der Waals surface area contributed by atoms with Crippen molar-refractivity contribution < 1.29 is 19.0 Å². The maximum atomic E-state index is 13.0. The summed E-state index contributed by atoms with van der Waals surface area (Å²) in [6.07, 6.45) is 5.80. The van der Waals surface area contributed by atoms with E-state index in [4.69, 9.17) is 14.2 Å². The lowest BCUT2D eigenvalue weighted by Crippen LogP contribution is -1.98. The number of carbonyl (C=O) groups is 1. The summed E-state index contributed by atoms with van der Waals surface area (Å²) in [6.45, 7) is 6.45. The molecule has 0 unspecified atom stereocenters. The molecule has 0 saturated heterocycles. The first kappa shape index (κ1) is 19.8. The van der Waals surface area contributed by atoms with Crippen molar-refractivity contribution >= 4 is 22.8 Å². The summed E-state index contributed by atoms with van der Waals surface area (Å²) < 4.78 is 19.2. The minimum absolute atomic E-state index is 0.121. The van der Waals surface area contributed by atoms with Gasteiger partial charge in [0.15, 0.2) is 5.76 Å². The van der Waals surface area contributed by atoms with Crippen molar-refractivity contribution in [2.24, 2.45) is 7.05 Å². The van der Waals surface area contributed by atoms with E-state index in [0.29, 0.717) is 23.7 Å². The van der Waals surface area contributed by atoms with E-state index in [0.717, 1.165) is 33.5 Å². The summed E-state index contributed by atoms with van der Waals surface area (Å²) in [5, 5.41) is 0.999. The summed E-state index contributed by atoms with van der Waals surface area (Å²) in [6, 6.07) is 9.50. The number of hydrogen-bond donors (Lipinski definition) is 0. The van der Waals surface area contributed by atoms with Crippen molar-refractivity contribution in [2.45, 2.75) is 20.8 Å². The van der Waals surface area contributed by atoms with Gasteiger partial charge in [0.2, 0.25) is 5.78 Å². The number of nitrogens with zero attached hydrogens (tertiary/aromatic N) is 1. The average molecular weight is 403 g/mol. The molecule has 0 aliphatic carbocycles. The molecule has 30 heavy (non-hydrogen) atoms. The molecule has 0 bridgehead atoms. The number of ether oxygens (including phenoxy) is 3. The van der Waals surface area contributed by atoms with E-state index in [1.54, 1.807) is 19.3 Å². The van der Waals surface area contributed by atoms with Crippen LogP contribution in [-0.2, 0) is 7.05 Å². The minimum atomic E-state index is -0.121. The second-order valence-electron chi connectivity index (χ2n) is 7.68. The maximum Gasteiger partial charge on any atom is 0.231 e. The molecule has 0 atom stereocenters. The quantitative estimate of drug-likeness (QED) is 0.419. The molecular formula is C25H25NO4. The van der Waals surface area contributed by atoms with Crippen LogP contribution in [0.25, 0.3) is 17.0 Å². The van der Waals surface area contributed by atoms with Crippen LogP contribution in [-0.4, -0.2) is 24.1 Å². The molecule has 0 saturated carbocycles. The number of methoxy groups -OCH3 is 1. The van der Waals surface area contributed by atoms with E-state index in [1.807, 2.05) is 68.9 Å². The molecule has 1 aliphatic rings. The largest absolute Gasteiger partial charge is 0.497 e. The molecule has 0 N–H and O–H groups in total. The number of hydrogen-bond acceptors (Lipinski definition) is 4. The Hall–Kier alpha value is -3.47. The highest BCUT2D eigenvalue weighted by molar-refractivity contribution is 6.15. The predicted molar refractivity (Wildman–Crippen MR) is 119 cm³/mol. The average Bonchev–Trinajstić information content (AvgIpc) is 3.21. The molecule has 3 aromatic rings. The van der Waals surface area contributed by atoms with E-state index in [9.17, 15) is 4.79 Å². The number of allylic oxidation sites excluding steroid dienone is 2. The van der Waals surface area contributed by atoms with E-state index in [-0.39, 0.29) is 5.78 Å². The highest BCUT2D eigenvalue weighted by Crippen LogP contribution is 2.40. The Kier molecular flexibility index (Phi) is 5.12. The fourth-order valence-corrected chi connectivity index (χ4v) is 3.61. The van der Waals surface area contributed by atoms with Gasteiger partial charge in [-0.1, -0.05) is 5.57 Å². The van der Waals surface area contributed by atoms with Crippen LogP contribution in [0.5, 0.6) is 17.2 Å². The molecule has 0 spiro atoms. The number of rotatable bonds is 5. The zero-order valence-electron chi connectivity index (χ0n) is 17.9. The number of ketones is 1. The summed E-state index contributed by atoms with van der Waals surface area (Å²) in [4.78, 5) is 13.0. The molecule has 2 aromatic carbocycles. The van der Waals surface area contributed by atoms with E-state index >= 15 is 0 Å². The first-order chi connectivity index (χ1) is 14.4.